The van der Waals surface area contributed by atoms with Crippen molar-refractivity contribution in [1.82, 2.24) is 25.6 Å². The third kappa shape index (κ3) is 5.47. The lowest BCUT2D eigenvalue weighted by Gasteiger charge is -2.21. The Hall–Kier alpha value is -3.70. The number of aromatic amines is 2. The molecular weight excluding hydrogens is 404 g/mol. The lowest BCUT2D eigenvalue weighted by Crippen LogP contribution is -2.56. The zero-order valence-electron chi connectivity index (χ0n) is 16.5. The Balaban J connectivity index is 1.59. The van der Waals surface area contributed by atoms with Gasteiger partial charge < -0.3 is 36.5 Å². The maximum Gasteiger partial charge on any atom is 0.326 e. The molecule has 0 aliphatic rings. The minimum atomic E-state index is -1.34. The Kier molecular flexibility index (Phi) is 7.00. The molecule has 0 spiro atoms. The summed E-state index contributed by atoms with van der Waals surface area (Å²) in [5, 5.41) is 24.5. The molecule has 0 radical (unpaired) electrons. The summed E-state index contributed by atoms with van der Waals surface area (Å²) in [6.45, 7) is -0.715. The number of nitrogens with one attached hydrogen (secondary N) is 4. The second-order valence-electron chi connectivity index (χ2n) is 7.09. The maximum atomic E-state index is 12.5. The van der Waals surface area contributed by atoms with Crippen molar-refractivity contribution in [2.45, 2.75) is 31.0 Å². The summed E-state index contributed by atoms with van der Waals surface area (Å²) in [5.41, 5.74) is 8.26. The second-order valence-corrected chi connectivity index (χ2v) is 7.09. The zero-order valence-corrected chi connectivity index (χ0v) is 16.5. The van der Waals surface area contributed by atoms with E-state index in [0.717, 1.165) is 16.5 Å². The van der Waals surface area contributed by atoms with Crippen molar-refractivity contribution >= 4 is 28.7 Å². The molecule has 0 unspecified atom stereocenters. The van der Waals surface area contributed by atoms with Crippen molar-refractivity contribution in [3.05, 3.63) is 54.2 Å². The Morgan fingerprint density at radius 1 is 1.06 bits per heavy atom. The highest BCUT2D eigenvalue weighted by Crippen LogP contribution is 2.18. The highest BCUT2D eigenvalue weighted by atomic mass is 16.4. The van der Waals surface area contributed by atoms with Crippen LogP contribution in [-0.2, 0) is 27.2 Å². The number of aliphatic hydroxyl groups is 1. The summed E-state index contributed by atoms with van der Waals surface area (Å²) in [7, 11) is 0. The van der Waals surface area contributed by atoms with Crippen LogP contribution in [0.2, 0.25) is 0 Å². The molecule has 8 N–H and O–H groups in total. The number of nitrogens with zero attached hydrogens (tertiary/aromatic N) is 1. The van der Waals surface area contributed by atoms with Crippen LogP contribution in [0.5, 0.6) is 0 Å². The number of para-hydroxylation sites is 1. The first-order chi connectivity index (χ1) is 14.9. The number of H-pyrrole nitrogens is 2. The van der Waals surface area contributed by atoms with Crippen LogP contribution < -0.4 is 16.4 Å². The largest absolute Gasteiger partial charge is 0.480 e. The van der Waals surface area contributed by atoms with Gasteiger partial charge in [0.2, 0.25) is 11.8 Å². The van der Waals surface area contributed by atoms with Crippen LogP contribution in [0.25, 0.3) is 10.9 Å². The van der Waals surface area contributed by atoms with Crippen molar-refractivity contribution in [3.8, 4) is 0 Å². The van der Waals surface area contributed by atoms with Crippen molar-refractivity contribution < 1.29 is 24.6 Å². The summed E-state index contributed by atoms with van der Waals surface area (Å²) in [6.07, 6.45) is 4.78. The van der Waals surface area contributed by atoms with Gasteiger partial charge in [0, 0.05) is 35.4 Å². The van der Waals surface area contributed by atoms with Gasteiger partial charge in [-0.05, 0) is 18.1 Å². The molecule has 0 aliphatic carbocycles. The van der Waals surface area contributed by atoms with E-state index >= 15 is 0 Å². The number of nitrogens with two attached hydrogens (primary N) is 1. The van der Waals surface area contributed by atoms with E-state index in [4.69, 9.17) is 5.73 Å². The highest BCUT2D eigenvalue weighted by molar-refractivity contribution is 5.92. The second kappa shape index (κ2) is 9.87. The molecule has 2 aromatic heterocycles. The van der Waals surface area contributed by atoms with E-state index in [0.29, 0.717) is 5.69 Å². The minimum Gasteiger partial charge on any atom is -0.480 e. The molecule has 0 bridgehead atoms. The topological polar surface area (TPSA) is 186 Å². The lowest BCUT2D eigenvalue weighted by atomic mass is 10.0. The molecule has 2 amide bonds. The Morgan fingerprint density at radius 3 is 2.48 bits per heavy atom. The number of carboxylic acid groups (broad SMARTS) is 1. The van der Waals surface area contributed by atoms with E-state index in [1.807, 2.05) is 24.3 Å². The minimum absolute atomic E-state index is 0.0345. The number of carboxylic acids is 1. The lowest BCUT2D eigenvalue weighted by molar-refractivity contribution is -0.142. The Labute approximate surface area is 177 Å². The van der Waals surface area contributed by atoms with Crippen LogP contribution in [0, 0.1) is 0 Å². The number of amides is 2. The molecule has 11 heteroatoms. The number of hydrogen-bond acceptors (Lipinski definition) is 6. The van der Waals surface area contributed by atoms with Gasteiger partial charge >= 0.3 is 5.97 Å². The first-order valence-corrected chi connectivity index (χ1v) is 9.61. The quantitative estimate of drug-likeness (QED) is 0.217. The number of hydrogen-bond donors (Lipinski definition) is 7. The summed E-state index contributed by atoms with van der Waals surface area (Å²) in [5.74, 6) is -2.73. The fourth-order valence-electron chi connectivity index (χ4n) is 3.19. The standard InChI is InChI=1S/C20H24N6O5/c21-14(5-11-7-23-15-4-2-1-3-13(11)15)18(28)26-17(9-27)19(29)25-16(20(30)31)6-12-8-22-10-24-12/h1-4,7-8,10,14,16-17,23,27H,5-6,9,21H2,(H,22,24)(H,25,29)(H,26,28)(H,30,31)/t14-,16-,17-/m0/s1. The predicted octanol–water partition coefficient (Wildman–Crippen LogP) is -0.950. The van der Waals surface area contributed by atoms with Crippen LogP contribution in [0.15, 0.2) is 43.0 Å². The average molecular weight is 428 g/mol. The fraction of sp³-hybridized carbons (Fsp3) is 0.300. The van der Waals surface area contributed by atoms with Gasteiger partial charge in [-0.15, -0.1) is 0 Å². The van der Waals surface area contributed by atoms with Crippen molar-refractivity contribution in [2.75, 3.05) is 6.61 Å². The fourth-order valence-corrected chi connectivity index (χ4v) is 3.19. The normalized spacial score (nSPS) is 14.0. The number of carbonyl (C=O) groups excluding carboxylic acids is 2. The molecule has 0 saturated heterocycles. The van der Waals surface area contributed by atoms with Gasteiger partial charge in [-0.25, -0.2) is 9.78 Å². The number of aliphatic hydroxyl groups excluding tert-OH is 1. The van der Waals surface area contributed by atoms with Crippen LogP contribution >= 0.6 is 0 Å². The van der Waals surface area contributed by atoms with Gasteiger partial charge in [0.15, 0.2) is 0 Å². The first-order valence-electron chi connectivity index (χ1n) is 9.61. The van der Waals surface area contributed by atoms with E-state index in [1.165, 1.54) is 12.5 Å². The summed E-state index contributed by atoms with van der Waals surface area (Å²) >= 11 is 0. The molecule has 1 aromatic carbocycles. The first kappa shape index (κ1) is 22.0. The number of benzene rings is 1. The monoisotopic (exact) mass is 428 g/mol. The van der Waals surface area contributed by atoms with Gasteiger partial charge in [0.05, 0.1) is 19.0 Å². The molecule has 3 rings (SSSR count). The summed E-state index contributed by atoms with van der Waals surface area (Å²) < 4.78 is 0. The van der Waals surface area contributed by atoms with E-state index < -0.39 is 42.5 Å². The van der Waals surface area contributed by atoms with Gasteiger partial charge in [0.25, 0.3) is 0 Å². The molecule has 164 valence electrons. The Bertz CT molecular complexity index is 1050. The molecule has 11 nitrogen and oxygen atoms in total. The number of rotatable bonds is 10. The number of fused-ring (bicyclic) bond motifs is 1. The van der Waals surface area contributed by atoms with Crippen molar-refractivity contribution in [3.63, 3.8) is 0 Å². The molecule has 0 fully saturated rings. The molecule has 0 aliphatic heterocycles. The van der Waals surface area contributed by atoms with E-state index in [-0.39, 0.29) is 12.8 Å². The van der Waals surface area contributed by atoms with E-state index in [9.17, 15) is 24.6 Å². The van der Waals surface area contributed by atoms with Crippen LogP contribution in [-0.4, -0.2) is 67.7 Å². The van der Waals surface area contributed by atoms with Gasteiger partial charge in [-0.1, -0.05) is 18.2 Å². The Morgan fingerprint density at radius 2 is 1.81 bits per heavy atom. The molecular formula is C20H24N6O5. The van der Waals surface area contributed by atoms with E-state index in [2.05, 4.69) is 25.6 Å². The number of carbonyl (C=O) groups is 3. The van der Waals surface area contributed by atoms with Crippen molar-refractivity contribution in [1.29, 1.82) is 0 Å². The summed E-state index contributed by atoms with van der Waals surface area (Å²) in [4.78, 5) is 46.1. The number of aliphatic carboxylic acids is 1. The number of imidazole rings is 1. The molecule has 3 atom stereocenters. The van der Waals surface area contributed by atoms with Gasteiger partial charge in [0.1, 0.15) is 12.1 Å². The van der Waals surface area contributed by atoms with Crippen molar-refractivity contribution in [2.24, 2.45) is 5.73 Å². The average Bonchev–Trinajstić information content (AvgIpc) is 3.41. The molecule has 0 saturated carbocycles. The van der Waals surface area contributed by atoms with Gasteiger partial charge in [-0.3, -0.25) is 9.59 Å². The molecule has 31 heavy (non-hydrogen) atoms. The van der Waals surface area contributed by atoms with E-state index in [1.54, 1.807) is 6.20 Å². The third-order valence-corrected chi connectivity index (χ3v) is 4.86. The van der Waals surface area contributed by atoms with Crippen LogP contribution in [0.3, 0.4) is 0 Å². The summed E-state index contributed by atoms with van der Waals surface area (Å²) in [6, 6.07) is 3.99. The SMILES string of the molecule is N[C@@H](Cc1c[nH]c2ccccc12)C(=O)N[C@@H](CO)C(=O)N[C@@H](Cc1cnc[nH]1)C(=O)O. The maximum absolute atomic E-state index is 12.5. The highest BCUT2D eigenvalue weighted by Gasteiger charge is 2.28. The third-order valence-electron chi connectivity index (χ3n) is 4.86. The van der Waals surface area contributed by atoms with Crippen LogP contribution in [0.1, 0.15) is 11.3 Å². The molecule has 2 heterocycles. The predicted molar refractivity (Wildman–Crippen MR) is 111 cm³/mol. The molecule has 3 aromatic rings. The zero-order chi connectivity index (χ0) is 22.4. The smallest absolute Gasteiger partial charge is 0.326 e. The van der Waals surface area contributed by atoms with Crippen LogP contribution in [0.4, 0.5) is 0 Å². The van der Waals surface area contributed by atoms with Gasteiger partial charge in [-0.2, -0.15) is 0 Å². The number of aromatic nitrogens is 3.